The first-order valence-electron chi connectivity index (χ1n) is 5.07. The molecule has 16 heavy (non-hydrogen) atoms. The molecule has 0 aliphatic heterocycles. The van der Waals surface area contributed by atoms with Gasteiger partial charge in [-0.05, 0) is 37.8 Å². The van der Waals surface area contributed by atoms with Crippen LogP contribution >= 0.6 is 22.7 Å². The minimum atomic E-state index is 0.0752. The molecule has 1 unspecified atom stereocenters. The highest BCUT2D eigenvalue weighted by Gasteiger charge is 2.20. The molecule has 0 amide bonds. The zero-order chi connectivity index (χ0) is 11.7. The van der Waals surface area contributed by atoms with E-state index in [9.17, 15) is 0 Å². The monoisotopic (exact) mass is 253 g/mol. The molecule has 2 heterocycles. The number of nitrogens with two attached hydrogens (primary N) is 1. The first kappa shape index (κ1) is 11.7. The van der Waals surface area contributed by atoms with Crippen molar-refractivity contribution >= 4 is 22.7 Å². The Morgan fingerprint density at radius 2 is 2.06 bits per heavy atom. The van der Waals surface area contributed by atoms with Gasteiger partial charge in [0.15, 0.2) is 0 Å². The van der Waals surface area contributed by atoms with Gasteiger partial charge in [0.1, 0.15) is 0 Å². The van der Waals surface area contributed by atoms with Crippen LogP contribution in [0.4, 0.5) is 0 Å². The van der Waals surface area contributed by atoms with Crippen molar-refractivity contribution in [1.29, 1.82) is 0 Å². The highest BCUT2D eigenvalue weighted by atomic mass is 32.1. The normalized spacial score (nSPS) is 13.0. The number of thiazole rings is 1. The Morgan fingerprint density at radius 1 is 1.31 bits per heavy atom. The Bertz CT molecular complexity index is 487. The van der Waals surface area contributed by atoms with E-state index >= 15 is 0 Å². The van der Waals surface area contributed by atoms with Crippen LogP contribution in [0.15, 0.2) is 11.4 Å². The standard InChI is InChI=1S/C11H15N3S2/c1-6-4-5-15-10(6)9(14-12)11-7(2)13-8(3)16-11/h4-5,9,14H,12H2,1-3H3. The lowest BCUT2D eigenvalue weighted by Gasteiger charge is -2.14. The van der Waals surface area contributed by atoms with Crippen molar-refractivity contribution in [2.45, 2.75) is 26.8 Å². The molecule has 1 atom stereocenters. The zero-order valence-corrected chi connectivity index (χ0v) is 11.2. The summed E-state index contributed by atoms with van der Waals surface area (Å²) in [5, 5.41) is 3.18. The van der Waals surface area contributed by atoms with Crippen LogP contribution in [0.5, 0.6) is 0 Å². The molecule has 2 aromatic rings. The smallest absolute Gasteiger partial charge is 0.0915 e. The highest BCUT2D eigenvalue weighted by Crippen LogP contribution is 2.33. The highest BCUT2D eigenvalue weighted by molar-refractivity contribution is 7.12. The molecule has 0 bridgehead atoms. The maximum Gasteiger partial charge on any atom is 0.0915 e. The number of rotatable bonds is 3. The average Bonchev–Trinajstić information content (AvgIpc) is 2.77. The van der Waals surface area contributed by atoms with Gasteiger partial charge in [0, 0.05) is 4.88 Å². The maximum atomic E-state index is 5.68. The predicted molar refractivity (Wildman–Crippen MR) is 69.8 cm³/mol. The van der Waals surface area contributed by atoms with E-state index < -0.39 is 0 Å². The van der Waals surface area contributed by atoms with Crippen molar-refractivity contribution in [2.24, 2.45) is 5.84 Å². The van der Waals surface area contributed by atoms with Crippen molar-refractivity contribution < 1.29 is 0 Å². The first-order chi connectivity index (χ1) is 7.63. The van der Waals surface area contributed by atoms with Crippen molar-refractivity contribution in [3.05, 3.63) is 37.5 Å². The van der Waals surface area contributed by atoms with Crippen molar-refractivity contribution in [2.75, 3.05) is 0 Å². The van der Waals surface area contributed by atoms with E-state index in [1.54, 1.807) is 22.7 Å². The van der Waals surface area contributed by atoms with Gasteiger partial charge in [-0.25, -0.2) is 10.4 Å². The van der Waals surface area contributed by atoms with E-state index in [0.29, 0.717) is 0 Å². The van der Waals surface area contributed by atoms with Gasteiger partial charge in [-0.1, -0.05) is 0 Å². The van der Waals surface area contributed by atoms with Gasteiger partial charge in [0.25, 0.3) is 0 Å². The van der Waals surface area contributed by atoms with E-state index in [0.717, 1.165) is 10.7 Å². The third-order valence-electron chi connectivity index (χ3n) is 2.53. The lowest BCUT2D eigenvalue weighted by atomic mass is 10.1. The molecule has 0 radical (unpaired) electrons. The minimum absolute atomic E-state index is 0.0752. The summed E-state index contributed by atoms with van der Waals surface area (Å²) in [5.74, 6) is 5.68. The summed E-state index contributed by atoms with van der Waals surface area (Å²) in [7, 11) is 0. The van der Waals surface area contributed by atoms with Gasteiger partial charge in [-0.2, -0.15) is 0 Å². The largest absolute Gasteiger partial charge is 0.271 e. The molecule has 0 aromatic carbocycles. The SMILES string of the molecule is Cc1nc(C)c(C(NN)c2sccc2C)s1. The molecule has 0 spiro atoms. The van der Waals surface area contributed by atoms with Crippen LogP contribution in [-0.2, 0) is 0 Å². The fraction of sp³-hybridized carbons (Fsp3) is 0.364. The lowest BCUT2D eigenvalue weighted by Crippen LogP contribution is -2.28. The van der Waals surface area contributed by atoms with Crippen LogP contribution in [0.3, 0.4) is 0 Å². The van der Waals surface area contributed by atoms with Gasteiger partial charge in [-0.15, -0.1) is 22.7 Å². The number of nitrogens with one attached hydrogen (secondary N) is 1. The van der Waals surface area contributed by atoms with Crippen LogP contribution in [0, 0.1) is 20.8 Å². The van der Waals surface area contributed by atoms with E-state index in [1.165, 1.54) is 15.3 Å². The summed E-state index contributed by atoms with van der Waals surface area (Å²) in [6.07, 6.45) is 0. The Hall–Kier alpha value is -0.750. The number of hydrogen-bond acceptors (Lipinski definition) is 5. The summed E-state index contributed by atoms with van der Waals surface area (Å²) >= 11 is 3.44. The van der Waals surface area contributed by atoms with Gasteiger partial charge >= 0.3 is 0 Å². The van der Waals surface area contributed by atoms with E-state index in [4.69, 9.17) is 5.84 Å². The third-order valence-corrected chi connectivity index (χ3v) is 4.75. The minimum Gasteiger partial charge on any atom is -0.271 e. The Morgan fingerprint density at radius 3 is 2.50 bits per heavy atom. The quantitative estimate of drug-likeness (QED) is 0.653. The number of hydrazine groups is 1. The fourth-order valence-corrected chi connectivity index (χ4v) is 3.83. The van der Waals surface area contributed by atoms with Crippen LogP contribution < -0.4 is 11.3 Å². The summed E-state index contributed by atoms with van der Waals surface area (Å²) in [6.45, 7) is 6.17. The molecule has 86 valence electrons. The van der Waals surface area contributed by atoms with E-state index in [2.05, 4.69) is 28.8 Å². The first-order valence-corrected chi connectivity index (χ1v) is 6.77. The van der Waals surface area contributed by atoms with Gasteiger partial charge in [-0.3, -0.25) is 5.84 Å². The molecule has 0 aliphatic carbocycles. The number of nitrogens with zero attached hydrogens (tertiary/aromatic N) is 1. The molecular weight excluding hydrogens is 238 g/mol. The molecule has 3 nitrogen and oxygen atoms in total. The maximum absolute atomic E-state index is 5.68. The molecular formula is C11H15N3S2. The molecule has 3 N–H and O–H groups in total. The van der Waals surface area contributed by atoms with Crippen molar-refractivity contribution in [3.8, 4) is 0 Å². The van der Waals surface area contributed by atoms with E-state index in [-0.39, 0.29) is 6.04 Å². The zero-order valence-electron chi connectivity index (χ0n) is 9.57. The van der Waals surface area contributed by atoms with Crippen molar-refractivity contribution in [1.82, 2.24) is 10.4 Å². The molecule has 2 rings (SSSR count). The van der Waals surface area contributed by atoms with Crippen molar-refractivity contribution in [3.63, 3.8) is 0 Å². The van der Waals surface area contributed by atoms with Crippen LogP contribution in [0.25, 0.3) is 0 Å². The van der Waals surface area contributed by atoms with Crippen LogP contribution in [0.1, 0.15) is 32.1 Å². The second kappa shape index (κ2) is 4.63. The van der Waals surface area contributed by atoms with Gasteiger partial charge in [0.2, 0.25) is 0 Å². The third kappa shape index (κ3) is 2.04. The van der Waals surface area contributed by atoms with E-state index in [1.807, 2.05) is 13.8 Å². The Balaban J connectivity index is 2.44. The van der Waals surface area contributed by atoms with Gasteiger partial charge in [0.05, 0.1) is 21.6 Å². The second-order valence-electron chi connectivity index (χ2n) is 3.75. The molecule has 0 saturated heterocycles. The molecule has 2 aromatic heterocycles. The number of hydrogen-bond donors (Lipinski definition) is 2. The Labute approximate surface area is 103 Å². The van der Waals surface area contributed by atoms with Crippen LogP contribution in [0.2, 0.25) is 0 Å². The topological polar surface area (TPSA) is 50.9 Å². The predicted octanol–water partition coefficient (Wildman–Crippen LogP) is 2.68. The molecule has 0 saturated carbocycles. The second-order valence-corrected chi connectivity index (χ2v) is 5.93. The van der Waals surface area contributed by atoms with Gasteiger partial charge < -0.3 is 0 Å². The Kier molecular flexibility index (Phi) is 3.39. The number of aromatic nitrogens is 1. The average molecular weight is 253 g/mol. The summed E-state index contributed by atoms with van der Waals surface area (Å²) in [4.78, 5) is 6.93. The summed E-state index contributed by atoms with van der Waals surface area (Å²) in [6, 6.07) is 2.19. The lowest BCUT2D eigenvalue weighted by molar-refractivity contribution is 0.649. The van der Waals surface area contributed by atoms with Crippen LogP contribution in [-0.4, -0.2) is 4.98 Å². The summed E-state index contributed by atoms with van der Waals surface area (Å²) < 4.78 is 0. The molecule has 5 heteroatoms. The number of thiophene rings is 1. The molecule has 0 aliphatic rings. The fourth-order valence-electron chi connectivity index (χ4n) is 1.77. The summed E-state index contributed by atoms with van der Waals surface area (Å²) in [5.41, 5.74) is 5.24. The number of aryl methyl sites for hydroxylation is 3. The molecule has 0 fully saturated rings.